The molecule has 3 heteroatoms. The summed E-state index contributed by atoms with van der Waals surface area (Å²) in [6, 6.07) is 6.48. The van der Waals surface area contributed by atoms with Crippen LogP contribution in [0, 0.1) is 11.8 Å². The normalized spacial score (nSPS) is 20.4. The van der Waals surface area contributed by atoms with Crippen LogP contribution >= 0.6 is 15.9 Å². The van der Waals surface area contributed by atoms with Gasteiger partial charge < -0.3 is 9.72 Å². The van der Waals surface area contributed by atoms with E-state index in [1.807, 2.05) is 0 Å². The van der Waals surface area contributed by atoms with Crippen LogP contribution in [0.4, 0.5) is 0 Å². The molecule has 0 aliphatic heterocycles. The third kappa shape index (κ3) is 8.01. The Morgan fingerprint density at radius 1 is 1.18 bits per heavy atom. The highest BCUT2D eigenvalue weighted by atomic mass is 79.9. The van der Waals surface area contributed by atoms with E-state index in [0.717, 1.165) is 54.4 Å². The third-order valence-corrected chi connectivity index (χ3v) is 9.22. The summed E-state index contributed by atoms with van der Waals surface area (Å²) < 4.78 is 7.41. The number of ether oxygens (including phenoxy) is 1. The van der Waals surface area contributed by atoms with E-state index in [0.29, 0.717) is 6.42 Å². The van der Waals surface area contributed by atoms with Crippen molar-refractivity contribution < 1.29 is 4.74 Å². The Hall–Kier alpha value is -2.52. The van der Waals surface area contributed by atoms with Crippen LogP contribution in [-0.2, 0) is 19.3 Å². The highest BCUT2D eigenvalue weighted by Gasteiger charge is 2.21. The first-order valence-electron chi connectivity index (χ1n) is 14.9. The van der Waals surface area contributed by atoms with Crippen LogP contribution in [0.2, 0.25) is 0 Å². The fourth-order valence-corrected chi connectivity index (χ4v) is 6.86. The molecule has 208 valence electrons. The second-order valence-electron chi connectivity index (χ2n) is 11.5. The lowest BCUT2D eigenvalue weighted by Gasteiger charge is -2.13. The molecule has 1 saturated carbocycles. The van der Waals surface area contributed by atoms with Gasteiger partial charge in [0.15, 0.2) is 0 Å². The summed E-state index contributed by atoms with van der Waals surface area (Å²) in [5.41, 5.74) is 6.91. The number of hydrogen-bond donors (Lipinski definition) is 1. The maximum Gasteiger partial charge on any atom is 0.127 e. The van der Waals surface area contributed by atoms with Crippen LogP contribution < -0.4 is 15.3 Å². The van der Waals surface area contributed by atoms with E-state index in [1.54, 1.807) is 5.57 Å². The van der Waals surface area contributed by atoms with Crippen molar-refractivity contribution in [2.45, 2.75) is 91.9 Å². The molecular formula is C36H46BrNO. The van der Waals surface area contributed by atoms with E-state index >= 15 is 0 Å². The van der Waals surface area contributed by atoms with Crippen LogP contribution in [0.25, 0.3) is 11.6 Å². The summed E-state index contributed by atoms with van der Waals surface area (Å²) in [5.74, 6) is 3.30. The van der Waals surface area contributed by atoms with Gasteiger partial charge in [0.05, 0.1) is 0 Å². The van der Waals surface area contributed by atoms with Gasteiger partial charge in [-0.2, -0.15) is 0 Å². The number of hydrogen-bond acceptors (Lipinski definition) is 1. The lowest BCUT2D eigenvalue weighted by Crippen LogP contribution is -2.25. The zero-order valence-electron chi connectivity index (χ0n) is 24.4. The summed E-state index contributed by atoms with van der Waals surface area (Å²) in [4.78, 5) is 3.66. The van der Waals surface area contributed by atoms with E-state index in [-0.39, 0.29) is 0 Å². The van der Waals surface area contributed by atoms with Gasteiger partial charge in [0, 0.05) is 27.2 Å². The zero-order chi connectivity index (χ0) is 27.8. The standard InChI is InChI=1S/C36H46BrNO/c1-6-25(3)21-28-16-17-29(23-28)22-26(4)35-34(38-33(7-2)36(35)37)20-15-27(5)39-32-19-18-30-13-11-9-8-10-12-14-31(30)24-32/h8-10,12,18-20,22,24-25,28,38H,5-7,11,13-17,21,23H2,1-4H3. The van der Waals surface area contributed by atoms with Crippen LogP contribution in [0.15, 0.2) is 71.0 Å². The Labute approximate surface area is 244 Å². The lowest BCUT2D eigenvalue weighted by atomic mass is 9.92. The molecule has 1 aromatic heterocycles. The van der Waals surface area contributed by atoms with Crippen LogP contribution in [0.5, 0.6) is 5.75 Å². The predicted octanol–water partition coefficient (Wildman–Crippen LogP) is 9.04. The first-order chi connectivity index (χ1) is 18.9. The Bertz CT molecular complexity index is 1370. The predicted molar refractivity (Wildman–Crippen MR) is 171 cm³/mol. The number of halogens is 1. The number of benzene rings is 1. The van der Waals surface area contributed by atoms with E-state index in [1.165, 1.54) is 64.2 Å². The molecular weight excluding hydrogens is 542 g/mol. The van der Waals surface area contributed by atoms with Crippen molar-refractivity contribution in [2.75, 3.05) is 0 Å². The maximum atomic E-state index is 6.22. The number of rotatable bonds is 9. The van der Waals surface area contributed by atoms with Gasteiger partial charge in [0.1, 0.15) is 11.5 Å². The first-order valence-corrected chi connectivity index (χ1v) is 15.7. The number of aromatic nitrogens is 1. The molecule has 1 fully saturated rings. The maximum absolute atomic E-state index is 6.22. The molecule has 2 unspecified atom stereocenters. The van der Waals surface area contributed by atoms with Gasteiger partial charge in [-0.05, 0) is 115 Å². The number of aryl methyl sites for hydroxylation is 2. The second kappa shape index (κ2) is 14.2. The molecule has 2 aliphatic carbocycles. The van der Waals surface area contributed by atoms with E-state index in [2.05, 4.69) is 110 Å². The summed E-state index contributed by atoms with van der Waals surface area (Å²) in [7, 11) is 0. The van der Waals surface area contributed by atoms with Gasteiger partial charge in [-0.3, -0.25) is 0 Å². The summed E-state index contributed by atoms with van der Waals surface area (Å²) in [6.45, 7) is 13.4. The van der Waals surface area contributed by atoms with Crippen LogP contribution in [0.1, 0.15) is 89.5 Å². The molecule has 0 amide bonds. The van der Waals surface area contributed by atoms with Crippen molar-refractivity contribution in [3.05, 3.63) is 98.4 Å². The molecule has 0 bridgehead atoms. The fourth-order valence-electron chi connectivity index (χ4n) is 5.95. The molecule has 39 heavy (non-hydrogen) atoms. The Morgan fingerprint density at radius 3 is 2.79 bits per heavy atom. The summed E-state index contributed by atoms with van der Waals surface area (Å²) in [6.07, 6.45) is 24.6. The number of H-pyrrole nitrogens is 1. The van der Waals surface area contributed by atoms with Crippen molar-refractivity contribution in [3.63, 3.8) is 0 Å². The molecule has 4 rings (SSSR count). The lowest BCUT2D eigenvalue weighted by molar-refractivity contribution is 0.393. The van der Waals surface area contributed by atoms with Gasteiger partial charge in [-0.15, -0.1) is 0 Å². The molecule has 0 radical (unpaired) electrons. The van der Waals surface area contributed by atoms with Gasteiger partial charge in [-0.25, -0.2) is 0 Å². The largest absolute Gasteiger partial charge is 0.462 e. The minimum absolute atomic E-state index is 0.658. The van der Waals surface area contributed by atoms with Crippen LogP contribution in [-0.4, -0.2) is 4.98 Å². The number of allylic oxidation sites excluding steroid dienone is 7. The summed E-state index contributed by atoms with van der Waals surface area (Å²) in [5, 5.41) is 2.43. The van der Waals surface area contributed by atoms with Gasteiger partial charge >= 0.3 is 0 Å². The van der Waals surface area contributed by atoms with Crippen molar-refractivity contribution in [3.8, 4) is 5.75 Å². The molecule has 0 spiro atoms. The molecule has 1 N–H and O–H groups in total. The molecule has 2 aromatic rings. The van der Waals surface area contributed by atoms with E-state index in [9.17, 15) is 0 Å². The zero-order valence-corrected chi connectivity index (χ0v) is 26.0. The minimum Gasteiger partial charge on any atom is -0.462 e. The molecule has 2 atom stereocenters. The monoisotopic (exact) mass is 587 g/mol. The second-order valence-corrected chi connectivity index (χ2v) is 12.3. The molecule has 0 saturated heterocycles. The van der Waals surface area contributed by atoms with Crippen molar-refractivity contribution in [2.24, 2.45) is 11.8 Å². The topological polar surface area (TPSA) is 25.0 Å². The van der Waals surface area contributed by atoms with E-state index < -0.39 is 0 Å². The SMILES string of the molecule is C=C(CC=c1[nH]c(CC)c(Br)c1=C(C)C=C1CCC(CC(C)CC)C1)Oc1ccc2c(c1)CC=CC=CCC2. The molecule has 1 heterocycles. The first kappa shape index (κ1) is 29.5. The van der Waals surface area contributed by atoms with Crippen LogP contribution in [0.3, 0.4) is 0 Å². The average Bonchev–Trinajstić information content (AvgIpc) is 3.52. The van der Waals surface area contributed by atoms with Gasteiger partial charge in [-0.1, -0.05) is 81.9 Å². The smallest absolute Gasteiger partial charge is 0.127 e. The number of aromatic amines is 1. The molecule has 1 aromatic carbocycles. The van der Waals surface area contributed by atoms with Crippen molar-refractivity contribution in [1.29, 1.82) is 0 Å². The highest BCUT2D eigenvalue weighted by Crippen LogP contribution is 2.35. The average molecular weight is 589 g/mol. The number of nitrogens with one attached hydrogen (secondary N) is 1. The van der Waals surface area contributed by atoms with Crippen molar-refractivity contribution in [1.82, 2.24) is 4.98 Å². The fraction of sp³-hybridized carbons (Fsp3) is 0.444. The summed E-state index contributed by atoms with van der Waals surface area (Å²) >= 11 is 3.91. The Balaban J connectivity index is 1.52. The Kier molecular flexibility index (Phi) is 10.7. The van der Waals surface area contributed by atoms with E-state index in [4.69, 9.17) is 4.74 Å². The quantitative estimate of drug-likeness (QED) is 0.291. The Morgan fingerprint density at radius 2 is 2.00 bits per heavy atom. The highest BCUT2D eigenvalue weighted by molar-refractivity contribution is 9.10. The molecule has 2 aliphatic rings. The number of fused-ring (bicyclic) bond motifs is 1. The van der Waals surface area contributed by atoms with Gasteiger partial charge in [0.25, 0.3) is 0 Å². The minimum atomic E-state index is 0.658. The van der Waals surface area contributed by atoms with Gasteiger partial charge in [0.2, 0.25) is 0 Å². The van der Waals surface area contributed by atoms with Crippen molar-refractivity contribution >= 4 is 27.6 Å². The molecule has 2 nitrogen and oxygen atoms in total. The third-order valence-electron chi connectivity index (χ3n) is 8.34.